The van der Waals surface area contributed by atoms with Crippen molar-refractivity contribution in [2.24, 2.45) is 0 Å². The quantitative estimate of drug-likeness (QED) is 0.922. The van der Waals surface area contributed by atoms with Gasteiger partial charge in [0.15, 0.2) is 0 Å². The second-order valence-corrected chi connectivity index (χ2v) is 6.42. The highest BCUT2D eigenvalue weighted by molar-refractivity contribution is 5.32. The molecule has 1 N–H and O–H groups in total. The zero-order valence-corrected chi connectivity index (χ0v) is 13.8. The van der Waals surface area contributed by atoms with Gasteiger partial charge in [0.25, 0.3) is 0 Å². The Morgan fingerprint density at radius 3 is 2.65 bits per heavy atom. The third-order valence-corrected chi connectivity index (χ3v) is 4.72. The number of aromatic nitrogens is 1. The maximum absolute atomic E-state index is 11.0. The molecule has 4 nitrogen and oxygen atoms in total. The van der Waals surface area contributed by atoms with E-state index in [9.17, 15) is 5.11 Å². The van der Waals surface area contributed by atoms with Crippen molar-refractivity contribution >= 4 is 0 Å². The summed E-state index contributed by atoms with van der Waals surface area (Å²) < 4.78 is 5.75. The average molecular weight is 312 g/mol. The van der Waals surface area contributed by atoms with Gasteiger partial charge < -0.3 is 14.7 Å². The van der Waals surface area contributed by atoms with E-state index < -0.39 is 5.60 Å². The van der Waals surface area contributed by atoms with E-state index in [4.69, 9.17) is 4.74 Å². The molecule has 4 heteroatoms. The molecule has 1 saturated heterocycles. The van der Waals surface area contributed by atoms with Crippen LogP contribution in [0.2, 0.25) is 0 Å². The molecule has 2 aromatic rings. The lowest BCUT2D eigenvalue weighted by Gasteiger charge is -2.35. The zero-order chi connectivity index (χ0) is 16.3. The molecule has 0 spiro atoms. The number of ether oxygens (including phenoxy) is 1. The van der Waals surface area contributed by atoms with Crippen LogP contribution in [0.15, 0.2) is 48.7 Å². The van der Waals surface area contributed by atoms with Crippen LogP contribution in [0.25, 0.3) is 0 Å². The minimum atomic E-state index is -0.842. The summed E-state index contributed by atoms with van der Waals surface area (Å²) in [5.41, 5.74) is 0.989. The molecule has 0 aliphatic carbocycles. The van der Waals surface area contributed by atoms with E-state index in [0.717, 1.165) is 36.4 Å². The molecule has 23 heavy (non-hydrogen) atoms. The van der Waals surface area contributed by atoms with E-state index in [1.54, 1.807) is 6.20 Å². The van der Waals surface area contributed by atoms with Crippen molar-refractivity contribution in [2.45, 2.75) is 38.0 Å². The van der Waals surface area contributed by atoms with Crippen LogP contribution in [0.4, 0.5) is 0 Å². The molecule has 1 aromatic carbocycles. The minimum Gasteiger partial charge on any atom is -0.487 e. The standard InChI is InChI=1S/C19H24N2O2/c1-19(22,18-7-5-13-21(18)2)15-8-10-17(11-9-15)23-14-16-6-3-4-12-20-16/h3-4,6,8-12,18,22H,5,7,13-14H2,1-2H3/t18-,19?/m1/s1. The predicted molar refractivity (Wildman–Crippen MR) is 90.2 cm³/mol. The molecule has 0 bridgehead atoms. The van der Waals surface area contributed by atoms with E-state index in [1.165, 1.54) is 0 Å². The Hall–Kier alpha value is -1.91. The third-order valence-electron chi connectivity index (χ3n) is 4.72. The van der Waals surface area contributed by atoms with Crippen LogP contribution in [0.5, 0.6) is 5.75 Å². The second kappa shape index (κ2) is 6.69. The van der Waals surface area contributed by atoms with Gasteiger partial charge in [-0.1, -0.05) is 18.2 Å². The summed E-state index contributed by atoms with van der Waals surface area (Å²) >= 11 is 0. The van der Waals surface area contributed by atoms with Crippen molar-refractivity contribution in [2.75, 3.05) is 13.6 Å². The number of aliphatic hydroxyl groups is 1. The van der Waals surface area contributed by atoms with Crippen LogP contribution in [0.3, 0.4) is 0 Å². The first-order valence-electron chi connectivity index (χ1n) is 8.13. The summed E-state index contributed by atoms with van der Waals surface area (Å²) in [6.45, 7) is 3.40. The Bertz CT molecular complexity index is 626. The highest BCUT2D eigenvalue weighted by Gasteiger charge is 2.38. The summed E-state index contributed by atoms with van der Waals surface area (Å²) in [7, 11) is 2.08. The van der Waals surface area contributed by atoms with Crippen molar-refractivity contribution in [1.82, 2.24) is 9.88 Å². The largest absolute Gasteiger partial charge is 0.487 e. The number of likely N-dealkylation sites (N-methyl/N-ethyl adjacent to an activating group) is 1. The second-order valence-electron chi connectivity index (χ2n) is 6.42. The van der Waals surface area contributed by atoms with Gasteiger partial charge in [-0.25, -0.2) is 0 Å². The number of nitrogens with zero attached hydrogens (tertiary/aromatic N) is 2. The van der Waals surface area contributed by atoms with E-state index in [-0.39, 0.29) is 6.04 Å². The molecule has 1 aromatic heterocycles. The van der Waals surface area contributed by atoms with Crippen molar-refractivity contribution in [3.05, 3.63) is 59.9 Å². The fourth-order valence-electron chi connectivity index (χ4n) is 3.34. The maximum Gasteiger partial charge on any atom is 0.130 e. The van der Waals surface area contributed by atoms with E-state index in [2.05, 4.69) is 16.9 Å². The van der Waals surface area contributed by atoms with Gasteiger partial charge in [0.05, 0.1) is 5.69 Å². The maximum atomic E-state index is 11.0. The highest BCUT2D eigenvalue weighted by Crippen LogP contribution is 2.34. The van der Waals surface area contributed by atoms with Crippen molar-refractivity contribution in [1.29, 1.82) is 0 Å². The number of hydrogen-bond donors (Lipinski definition) is 1. The van der Waals surface area contributed by atoms with Crippen LogP contribution in [-0.2, 0) is 12.2 Å². The SMILES string of the molecule is CN1CCC[C@@H]1C(C)(O)c1ccc(OCc2ccccn2)cc1. The summed E-state index contributed by atoms with van der Waals surface area (Å²) in [5.74, 6) is 0.787. The molecular weight excluding hydrogens is 288 g/mol. The Labute approximate surface area is 137 Å². The Morgan fingerprint density at radius 2 is 2.04 bits per heavy atom. The summed E-state index contributed by atoms with van der Waals surface area (Å²) in [6, 6.07) is 13.7. The Morgan fingerprint density at radius 1 is 1.26 bits per heavy atom. The number of pyridine rings is 1. The summed E-state index contributed by atoms with van der Waals surface area (Å²) in [4.78, 5) is 6.48. The number of hydrogen-bond acceptors (Lipinski definition) is 4. The third kappa shape index (κ3) is 3.54. The van der Waals surface area contributed by atoms with Gasteiger partial charge >= 0.3 is 0 Å². The molecule has 1 fully saturated rings. The predicted octanol–water partition coefficient (Wildman–Crippen LogP) is 2.96. The van der Waals surface area contributed by atoms with Gasteiger partial charge in [-0.05, 0) is 63.2 Å². The molecule has 3 rings (SSSR count). The highest BCUT2D eigenvalue weighted by atomic mass is 16.5. The van der Waals surface area contributed by atoms with Gasteiger partial charge in [0, 0.05) is 12.2 Å². The van der Waals surface area contributed by atoms with Gasteiger partial charge in [-0.15, -0.1) is 0 Å². The van der Waals surface area contributed by atoms with E-state index >= 15 is 0 Å². The average Bonchev–Trinajstić information content (AvgIpc) is 3.01. The molecule has 0 amide bonds. The fourth-order valence-corrected chi connectivity index (χ4v) is 3.34. The summed E-state index contributed by atoms with van der Waals surface area (Å²) in [5, 5.41) is 11.0. The van der Waals surface area contributed by atoms with Crippen molar-refractivity contribution < 1.29 is 9.84 Å². The van der Waals surface area contributed by atoms with Crippen LogP contribution >= 0.6 is 0 Å². The molecule has 0 saturated carbocycles. The fraction of sp³-hybridized carbons (Fsp3) is 0.421. The van der Waals surface area contributed by atoms with Crippen LogP contribution in [0.1, 0.15) is 31.0 Å². The molecule has 122 valence electrons. The zero-order valence-electron chi connectivity index (χ0n) is 13.8. The molecule has 1 aliphatic rings. The molecule has 1 aliphatic heterocycles. The number of likely N-dealkylation sites (tertiary alicyclic amines) is 1. The molecule has 2 heterocycles. The lowest BCUT2D eigenvalue weighted by Crippen LogP contribution is -2.43. The van der Waals surface area contributed by atoms with Gasteiger partial charge in [-0.2, -0.15) is 0 Å². The van der Waals surface area contributed by atoms with Gasteiger partial charge in [-0.3, -0.25) is 4.98 Å². The number of benzene rings is 1. The van der Waals surface area contributed by atoms with E-state index in [0.29, 0.717) is 6.61 Å². The molecule has 0 radical (unpaired) electrons. The Kier molecular flexibility index (Phi) is 4.64. The van der Waals surface area contributed by atoms with Gasteiger partial charge in [0.1, 0.15) is 18.0 Å². The van der Waals surface area contributed by atoms with Crippen molar-refractivity contribution in [3.8, 4) is 5.75 Å². The smallest absolute Gasteiger partial charge is 0.130 e. The topological polar surface area (TPSA) is 45.6 Å². The monoisotopic (exact) mass is 312 g/mol. The number of rotatable bonds is 5. The van der Waals surface area contributed by atoms with Crippen LogP contribution in [0, 0.1) is 0 Å². The van der Waals surface area contributed by atoms with Crippen molar-refractivity contribution in [3.63, 3.8) is 0 Å². The minimum absolute atomic E-state index is 0.169. The first-order chi connectivity index (χ1) is 11.1. The van der Waals surface area contributed by atoms with Crippen LogP contribution in [-0.4, -0.2) is 34.6 Å². The lowest BCUT2D eigenvalue weighted by atomic mass is 9.87. The first kappa shape index (κ1) is 16.0. The Balaban J connectivity index is 1.67. The van der Waals surface area contributed by atoms with Crippen LogP contribution < -0.4 is 4.74 Å². The molecular formula is C19H24N2O2. The van der Waals surface area contributed by atoms with E-state index in [1.807, 2.05) is 49.4 Å². The molecule has 1 unspecified atom stereocenters. The summed E-state index contributed by atoms with van der Waals surface area (Å²) in [6.07, 6.45) is 3.93. The lowest BCUT2D eigenvalue weighted by molar-refractivity contribution is -0.0153. The van der Waals surface area contributed by atoms with Gasteiger partial charge in [0.2, 0.25) is 0 Å². The molecule has 2 atom stereocenters. The first-order valence-corrected chi connectivity index (χ1v) is 8.13. The normalized spacial score (nSPS) is 21.1.